The van der Waals surface area contributed by atoms with Crippen molar-refractivity contribution in [3.05, 3.63) is 29.6 Å². The molecule has 0 radical (unpaired) electrons. The molecule has 0 amide bonds. The SMILES string of the molecule is CN(C)Cc1ccc(C#N)nc1. The lowest BCUT2D eigenvalue weighted by Crippen LogP contribution is -2.10. The van der Waals surface area contributed by atoms with Crippen LogP contribution in [0.15, 0.2) is 18.3 Å². The predicted molar refractivity (Wildman–Crippen MR) is 46.3 cm³/mol. The van der Waals surface area contributed by atoms with E-state index in [0.717, 1.165) is 12.1 Å². The molecule has 0 aromatic carbocycles. The standard InChI is InChI=1S/C9H11N3/c1-12(2)7-8-3-4-9(5-10)11-6-8/h3-4,6H,7H2,1-2H3. The largest absolute Gasteiger partial charge is 0.305 e. The minimum absolute atomic E-state index is 0.470. The van der Waals surface area contributed by atoms with E-state index in [1.54, 1.807) is 12.3 Å². The van der Waals surface area contributed by atoms with Gasteiger partial charge in [-0.2, -0.15) is 5.26 Å². The van der Waals surface area contributed by atoms with E-state index in [0.29, 0.717) is 5.69 Å². The lowest BCUT2D eigenvalue weighted by atomic mass is 10.2. The number of hydrogen-bond donors (Lipinski definition) is 0. The van der Waals surface area contributed by atoms with Crippen molar-refractivity contribution in [2.75, 3.05) is 14.1 Å². The maximum Gasteiger partial charge on any atom is 0.140 e. The van der Waals surface area contributed by atoms with Crippen molar-refractivity contribution in [2.45, 2.75) is 6.54 Å². The van der Waals surface area contributed by atoms with Crippen molar-refractivity contribution < 1.29 is 0 Å². The van der Waals surface area contributed by atoms with Gasteiger partial charge in [0, 0.05) is 12.7 Å². The second-order valence-corrected chi connectivity index (χ2v) is 2.90. The van der Waals surface area contributed by atoms with E-state index in [1.807, 2.05) is 26.2 Å². The first-order valence-electron chi connectivity index (χ1n) is 3.72. The summed E-state index contributed by atoms with van der Waals surface area (Å²) in [5.74, 6) is 0. The fraction of sp³-hybridized carbons (Fsp3) is 0.333. The number of pyridine rings is 1. The fourth-order valence-electron chi connectivity index (χ4n) is 0.949. The van der Waals surface area contributed by atoms with E-state index in [-0.39, 0.29) is 0 Å². The Bertz CT molecular complexity index is 282. The molecule has 62 valence electrons. The van der Waals surface area contributed by atoms with Gasteiger partial charge in [0.1, 0.15) is 11.8 Å². The van der Waals surface area contributed by atoms with Crippen LogP contribution in [0.1, 0.15) is 11.3 Å². The molecule has 1 rings (SSSR count). The molecule has 0 fully saturated rings. The van der Waals surface area contributed by atoms with Gasteiger partial charge >= 0.3 is 0 Å². The normalized spacial score (nSPS) is 9.83. The second-order valence-electron chi connectivity index (χ2n) is 2.90. The summed E-state index contributed by atoms with van der Waals surface area (Å²) in [4.78, 5) is 6.02. The van der Waals surface area contributed by atoms with Gasteiger partial charge in [0.25, 0.3) is 0 Å². The third-order valence-corrected chi connectivity index (χ3v) is 1.44. The van der Waals surface area contributed by atoms with Crippen LogP contribution in [0, 0.1) is 11.3 Å². The van der Waals surface area contributed by atoms with E-state index in [1.165, 1.54) is 0 Å². The van der Waals surface area contributed by atoms with Gasteiger partial charge in [-0.3, -0.25) is 0 Å². The molecule has 3 heteroatoms. The molecule has 0 aliphatic rings. The van der Waals surface area contributed by atoms with Crippen LogP contribution >= 0.6 is 0 Å². The lowest BCUT2D eigenvalue weighted by Gasteiger charge is -2.08. The summed E-state index contributed by atoms with van der Waals surface area (Å²) in [6.07, 6.45) is 1.73. The molecule has 1 aromatic rings. The molecule has 0 atom stereocenters. The topological polar surface area (TPSA) is 39.9 Å². The average Bonchev–Trinajstić information content (AvgIpc) is 2.05. The third-order valence-electron chi connectivity index (χ3n) is 1.44. The summed E-state index contributed by atoms with van der Waals surface area (Å²) in [5, 5.41) is 8.49. The van der Waals surface area contributed by atoms with Gasteiger partial charge in [-0.1, -0.05) is 6.07 Å². The number of nitriles is 1. The Morgan fingerprint density at radius 3 is 2.67 bits per heavy atom. The van der Waals surface area contributed by atoms with E-state index in [4.69, 9.17) is 5.26 Å². The summed E-state index contributed by atoms with van der Waals surface area (Å²) >= 11 is 0. The summed E-state index contributed by atoms with van der Waals surface area (Å²) in [6.45, 7) is 0.860. The molecule has 0 saturated carbocycles. The van der Waals surface area contributed by atoms with Crippen LogP contribution < -0.4 is 0 Å². The van der Waals surface area contributed by atoms with Crippen LogP contribution in [0.5, 0.6) is 0 Å². The fourth-order valence-corrected chi connectivity index (χ4v) is 0.949. The minimum Gasteiger partial charge on any atom is -0.305 e. The Hall–Kier alpha value is -1.40. The van der Waals surface area contributed by atoms with Gasteiger partial charge in [-0.05, 0) is 25.7 Å². The molecular formula is C9H11N3. The van der Waals surface area contributed by atoms with E-state index in [2.05, 4.69) is 9.88 Å². The summed E-state index contributed by atoms with van der Waals surface area (Å²) < 4.78 is 0. The molecule has 0 bridgehead atoms. The maximum absolute atomic E-state index is 8.49. The zero-order chi connectivity index (χ0) is 8.97. The van der Waals surface area contributed by atoms with Gasteiger partial charge in [0.2, 0.25) is 0 Å². The summed E-state index contributed by atoms with van der Waals surface area (Å²) in [6, 6.07) is 5.64. The summed E-state index contributed by atoms with van der Waals surface area (Å²) in [7, 11) is 4.00. The van der Waals surface area contributed by atoms with Crippen molar-refractivity contribution >= 4 is 0 Å². The molecule has 1 heterocycles. The van der Waals surface area contributed by atoms with E-state index >= 15 is 0 Å². The molecule has 0 aliphatic heterocycles. The molecule has 0 saturated heterocycles. The quantitative estimate of drug-likeness (QED) is 0.650. The average molecular weight is 161 g/mol. The predicted octanol–water partition coefficient (Wildman–Crippen LogP) is 1.01. The van der Waals surface area contributed by atoms with Crippen molar-refractivity contribution in [1.29, 1.82) is 5.26 Å². The zero-order valence-electron chi connectivity index (χ0n) is 7.28. The van der Waals surface area contributed by atoms with Crippen LogP contribution in [0.25, 0.3) is 0 Å². The van der Waals surface area contributed by atoms with E-state index in [9.17, 15) is 0 Å². The Kier molecular flexibility index (Phi) is 2.78. The Labute approximate surface area is 72.3 Å². The first-order valence-corrected chi connectivity index (χ1v) is 3.72. The smallest absolute Gasteiger partial charge is 0.140 e. The van der Waals surface area contributed by atoms with Gasteiger partial charge in [-0.25, -0.2) is 4.98 Å². The monoisotopic (exact) mass is 161 g/mol. The lowest BCUT2D eigenvalue weighted by molar-refractivity contribution is 0.402. The molecular weight excluding hydrogens is 150 g/mol. The molecule has 1 aromatic heterocycles. The van der Waals surface area contributed by atoms with Gasteiger partial charge in [-0.15, -0.1) is 0 Å². The van der Waals surface area contributed by atoms with E-state index < -0.39 is 0 Å². The number of rotatable bonds is 2. The Morgan fingerprint density at radius 1 is 1.50 bits per heavy atom. The van der Waals surface area contributed by atoms with Gasteiger partial charge < -0.3 is 4.90 Å². The number of nitrogens with zero attached hydrogens (tertiary/aromatic N) is 3. The van der Waals surface area contributed by atoms with Crippen LogP contribution in [0.3, 0.4) is 0 Å². The molecule has 12 heavy (non-hydrogen) atoms. The second kappa shape index (κ2) is 3.84. The highest BCUT2D eigenvalue weighted by Crippen LogP contribution is 2.00. The highest BCUT2D eigenvalue weighted by atomic mass is 15.0. The maximum atomic E-state index is 8.49. The zero-order valence-corrected chi connectivity index (χ0v) is 7.28. The molecule has 0 unspecified atom stereocenters. The first kappa shape index (κ1) is 8.69. The van der Waals surface area contributed by atoms with Crippen LogP contribution in [-0.4, -0.2) is 24.0 Å². The highest BCUT2D eigenvalue weighted by molar-refractivity contribution is 5.22. The van der Waals surface area contributed by atoms with Crippen LogP contribution in [0.2, 0.25) is 0 Å². The van der Waals surface area contributed by atoms with Crippen LogP contribution in [-0.2, 0) is 6.54 Å². The Balaban J connectivity index is 2.73. The van der Waals surface area contributed by atoms with Crippen molar-refractivity contribution in [3.8, 4) is 6.07 Å². The minimum atomic E-state index is 0.470. The van der Waals surface area contributed by atoms with Gasteiger partial charge in [0.05, 0.1) is 0 Å². The van der Waals surface area contributed by atoms with Gasteiger partial charge in [0.15, 0.2) is 0 Å². The Morgan fingerprint density at radius 2 is 2.25 bits per heavy atom. The molecule has 0 N–H and O–H groups in total. The summed E-state index contributed by atoms with van der Waals surface area (Å²) in [5.41, 5.74) is 1.59. The van der Waals surface area contributed by atoms with Crippen molar-refractivity contribution in [3.63, 3.8) is 0 Å². The number of aromatic nitrogens is 1. The molecule has 0 aliphatic carbocycles. The molecule has 3 nitrogen and oxygen atoms in total. The molecule has 0 spiro atoms. The first-order chi connectivity index (χ1) is 5.72. The third kappa shape index (κ3) is 2.33. The van der Waals surface area contributed by atoms with Crippen molar-refractivity contribution in [2.24, 2.45) is 0 Å². The number of hydrogen-bond acceptors (Lipinski definition) is 3. The highest BCUT2D eigenvalue weighted by Gasteiger charge is 1.95. The van der Waals surface area contributed by atoms with Crippen LogP contribution in [0.4, 0.5) is 0 Å². The van der Waals surface area contributed by atoms with Crippen molar-refractivity contribution in [1.82, 2.24) is 9.88 Å².